The smallest absolute Gasteiger partial charge is 0.171 e. The summed E-state index contributed by atoms with van der Waals surface area (Å²) in [4.78, 5) is 11.3. The number of rotatable bonds is 3. The van der Waals surface area contributed by atoms with Gasteiger partial charge in [0, 0.05) is 16.8 Å². The fraction of sp³-hybridized carbons (Fsp3) is 0.579. The number of Topliss-reactive ketones (excluding diaryl/α,β-unsaturated/α-hetero) is 1. The molecule has 122 valence electrons. The number of anilines is 1. The van der Waals surface area contributed by atoms with Crippen LogP contribution in [0.15, 0.2) is 24.3 Å². The Balaban J connectivity index is 1.41. The molecule has 0 spiro atoms. The van der Waals surface area contributed by atoms with Crippen molar-refractivity contribution in [3.05, 3.63) is 29.8 Å². The van der Waals surface area contributed by atoms with Crippen LogP contribution in [0.5, 0.6) is 0 Å². The minimum atomic E-state index is 0.0887. The van der Waals surface area contributed by atoms with Crippen LogP contribution in [0.4, 0.5) is 5.69 Å². The van der Waals surface area contributed by atoms with Crippen molar-refractivity contribution in [1.29, 1.82) is 0 Å². The largest absolute Gasteiger partial charge is 0.357 e. The van der Waals surface area contributed by atoms with E-state index in [4.69, 9.17) is 12.2 Å². The van der Waals surface area contributed by atoms with Gasteiger partial charge >= 0.3 is 0 Å². The summed E-state index contributed by atoms with van der Waals surface area (Å²) in [6, 6.07) is 7.53. The van der Waals surface area contributed by atoms with Crippen molar-refractivity contribution >= 4 is 28.8 Å². The third kappa shape index (κ3) is 3.01. The maximum atomic E-state index is 11.3. The fourth-order valence-electron chi connectivity index (χ4n) is 5.46. The Bertz CT molecular complexity index is 602. The lowest BCUT2D eigenvalue weighted by Crippen LogP contribution is -2.60. The van der Waals surface area contributed by atoms with E-state index < -0.39 is 0 Å². The quantitative estimate of drug-likeness (QED) is 0.646. The van der Waals surface area contributed by atoms with Crippen molar-refractivity contribution in [3.63, 3.8) is 0 Å². The Morgan fingerprint density at radius 1 is 1.04 bits per heavy atom. The first kappa shape index (κ1) is 15.1. The summed E-state index contributed by atoms with van der Waals surface area (Å²) in [6.07, 6.45) is 8.16. The van der Waals surface area contributed by atoms with Crippen molar-refractivity contribution in [3.8, 4) is 0 Å². The van der Waals surface area contributed by atoms with Crippen molar-refractivity contribution in [2.24, 2.45) is 17.8 Å². The highest BCUT2D eigenvalue weighted by Crippen LogP contribution is 2.55. The van der Waals surface area contributed by atoms with Crippen LogP contribution in [0.2, 0.25) is 0 Å². The summed E-state index contributed by atoms with van der Waals surface area (Å²) in [6.45, 7) is 1.58. The average molecular weight is 328 g/mol. The lowest BCUT2D eigenvalue weighted by molar-refractivity contribution is -0.00972. The molecule has 4 fully saturated rings. The van der Waals surface area contributed by atoms with Gasteiger partial charge in [-0.1, -0.05) is 0 Å². The zero-order chi connectivity index (χ0) is 16.0. The first-order valence-electron chi connectivity index (χ1n) is 8.71. The molecule has 4 saturated carbocycles. The van der Waals surface area contributed by atoms with E-state index in [0.29, 0.717) is 0 Å². The third-order valence-corrected chi connectivity index (χ3v) is 6.17. The Hall–Kier alpha value is -1.42. The van der Waals surface area contributed by atoms with E-state index in [-0.39, 0.29) is 11.3 Å². The second kappa shape index (κ2) is 5.59. The molecule has 0 saturated heterocycles. The molecule has 0 radical (unpaired) electrons. The van der Waals surface area contributed by atoms with Gasteiger partial charge in [-0.25, -0.2) is 0 Å². The number of nitrogens with one attached hydrogen (secondary N) is 2. The van der Waals surface area contributed by atoms with Gasteiger partial charge in [-0.2, -0.15) is 0 Å². The number of carbonyl (C=O) groups is 1. The van der Waals surface area contributed by atoms with Gasteiger partial charge in [-0.05, 0) is 99.7 Å². The van der Waals surface area contributed by atoms with Crippen molar-refractivity contribution in [2.75, 3.05) is 5.32 Å². The fourth-order valence-corrected chi connectivity index (χ4v) is 5.79. The summed E-state index contributed by atoms with van der Waals surface area (Å²) >= 11 is 5.57. The molecule has 1 aromatic carbocycles. The lowest BCUT2D eigenvalue weighted by Gasteiger charge is -2.57. The van der Waals surface area contributed by atoms with Crippen LogP contribution in [0.3, 0.4) is 0 Å². The predicted octanol–water partition coefficient (Wildman–Crippen LogP) is 4.14. The van der Waals surface area contributed by atoms with Crippen LogP contribution < -0.4 is 10.6 Å². The van der Waals surface area contributed by atoms with Crippen LogP contribution >= 0.6 is 12.2 Å². The Labute approximate surface area is 143 Å². The molecule has 23 heavy (non-hydrogen) atoms. The molecule has 0 aliphatic heterocycles. The van der Waals surface area contributed by atoms with Gasteiger partial charge in [0.15, 0.2) is 10.9 Å². The van der Waals surface area contributed by atoms with Gasteiger partial charge in [0.2, 0.25) is 0 Å². The lowest BCUT2D eigenvalue weighted by atomic mass is 9.53. The van der Waals surface area contributed by atoms with Crippen molar-refractivity contribution in [1.82, 2.24) is 5.32 Å². The molecule has 0 amide bonds. The Morgan fingerprint density at radius 2 is 1.57 bits per heavy atom. The number of ketones is 1. The highest BCUT2D eigenvalue weighted by molar-refractivity contribution is 7.80. The maximum absolute atomic E-state index is 11.3. The van der Waals surface area contributed by atoms with Gasteiger partial charge < -0.3 is 10.6 Å². The zero-order valence-corrected chi connectivity index (χ0v) is 14.4. The molecule has 4 bridgehead atoms. The monoisotopic (exact) mass is 328 g/mol. The predicted molar refractivity (Wildman–Crippen MR) is 96.7 cm³/mol. The van der Waals surface area contributed by atoms with Gasteiger partial charge in [0.05, 0.1) is 0 Å². The highest BCUT2D eigenvalue weighted by Gasteiger charge is 2.51. The van der Waals surface area contributed by atoms with Crippen LogP contribution in [0.25, 0.3) is 0 Å². The minimum Gasteiger partial charge on any atom is -0.357 e. The van der Waals surface area contributed by atoms with Crippen molar-refractivity contribution < 1.29 is 4.79 Å². The number of hydrogen-bond acceptors (Lipinski definition) is 2. The Kier molecular flexibility index (Phi) is 3.67. The summed E-state index contributed by atoms with van der Waals surface area (Å²) in [5, 5.41) is 7.68. The number of hydrogen-bond donors (Lipinski definition) is 2. The summed E-state index contributed by atoms with van der Waals surface area (Å²) in [5.41, 5.74) is 1.91. The molecular weight excluding hydrogens is 304 g/mol. The molecule has 4 aliphatic carbocycles. The molecule has 3 nitrogen and oxygen atoms in total. The third-order valence-electron chi connectivity index (χ3n) is 5.97. The summed E-state index contributed by atoms with van der Waals surface area (Å²) in [7, 11) is 0. The average Bonchev–Trinajstić information content (AvgIpc) is 2.45. The first-order chi connectivity index (χ1) is 11.0. The SMILES string of the molecule is CC(=O)c1ccc(NC(=S)NC23CC4CC(CC(C4)C2)C3)cc1. The van der Waals surface area contributed by atoms with E-state index in [1.54, 1.807) is 6.92 Å². The molecule has 0 unspecified atom stereocenters. The first-order valence-corrected chi connectivity index (χ1v) is 9.12. The molecule has 4 aliphatic rings. The minimum absolute atomic E-state index is 0.0887. The molecule has 5 rings (SSSR count). The molecule has 2 N–H and O–H groups in total. The highest BCUT2D eigenvalue weighted by atomic mass is 32.1. The normalized spacial score (nSPS) is 34.2. The molecule has 1 aromatic rings. The molecular formula is C19H24N2OS. The van der Waals surface area contributed by atoms with E-state index in [1.807, 2.05) is 24.3 Å². The number of thiocarbonyl (C=S) groups is 1. The second-order valence-electron chi connectivity index (χ2n) is 7.91. The van der Waals surface area contributed by atoms with Crippen LogP contribution in [-0.4, -0.2) is 16.4 Å². The van der Waals surface area contributed by atoms with E-state index in [2.05, 4.69) is 10.6 Å². The van der Waals surface area contributed by atoms with Crippen LogP contribution in [0, 0.1) is 17.8 Å². The standard InChI is InChI=1S/C19H24N2OS/c1-12(22)16-2-4-17(5-3-16)20-18(23)21-19-9-13-6-14(10-19)8-15(7-13)11-19/h2-5,13-15H,6-11H2,1H3,(H2,20,21,23). The molecule has 0 heterocycles. The molecule has 0 atom stereocenters. The van der Waals surface area contributed by atoms with Crippen LogP contribution in [-0.2, 0) is 0 Å². The van der Waals surface area contributed by atoms with E-state index in [1.165, 1.54) is 38.5 Å². The van der Waals surface area contributed by atoms with E-state index in [9.17, 15) is 4.79 Å². The summed E-state index contributed by atoms with van der Waals surface area (Å²) < 4.78 is 0. The van der Waals surface area contributed by atoms with Gasteiger partial charge in [0.1, 0.15) is 0 Å². The van der Waals surface area contributed by atoms with Crippen LogP contribution in [0.1, 0.15) is 55.8 Å². The molecule has 0 aromatic heterocycles. The molecule has 4 heteroatoms. The topological polar surface area (TPSA) is 41.1 Å². The van der Waals surface area contributed by atoms with Crippen molar-refractivity contribution in [2.45, 2.75) is 51.0 Å². The van der Waals surface area contributed by atoms with Gasteiger partial charge in [0.25, 0.3) is 0 Å². The maximum Gasteiger partial charge on any atom is 0.171 e. The van der Waals surface area contributed by atoms with Gasteiger partial charge in [-0.15, -0.1) is 0 Å². The summed E-state index contributed by atoms with van der Waals surface area (Å²) in [5.74, 6) is 2.81. The van der Waals surface area contributed by atoms with Gasteiger partial charge in [-0.3, -0.25) is 4.79 Å². The number of benzene rings is 1. The zero-order valence-electron chi connectivity index (χ0n) is 13.6. The van der Waals surface area contributed by atoms with E-state index >= 15 is 0 Å². The number of carbonyl (C=O) groups excluding carboxylic acids is 1. The second-order valence-corrected chi connectivity index (χ2v) is 8.32. The Morgan fingerprint density at radius 3 is 2.04 bits per heavy atom. The van der Waals surface area contributed by atoms with E-state index in [0.717, 1.165) is 34.1 Å².